The molecular weight excluding hydrogens is 666 g/mol. The first-order valence-electron chi connectivity index (χ1n) is 17.4. The van der Waals surface area contributed by atoms with Gasteiger partial charge in [0.05, 0.1) is 11.7 Å². The number of nitrogens with zero attached hydrogens (tertiary/aromatic N) is 6. The number of hydrogen-bond acceptors (Lipinski definition) is 8. The van der Waals surface area contributed by atoms with Crippen molar-refractivity contribution >= 4 is 39.6 Å². The van der Waals surface area contributed by atoms with Crippen molar-refractivity contribution in [2.75, 3.05) is 57.3 Å². The Morgan fingerprint density at radius 3 is 2.51 bits per heavy atom. The van der Waals surface area contributed by atoms with Crippen LogP contribution in [0.5, 0.6) is 11.8 Å². The van der Waals surface area contributed by atoms with Gasteiger partial charge in [-0.1, -0.05) is 19.6 Å². The maximum absolute atomic E-state index is 14.3. The third-order valence-electron chi connectivity index (χ3n) is 10.6. The maximum Gasteiger partial charge on any atom is 0.319 e. The Morgan fingerprint density at radius 2 is 1.84 bits per heavy atom. The maximum atomic E-state index is 14.3. The van der Waals surface area contributed by atoms with Crippen LogP contribution in [0.15, 0.2) is 43.1 Å². The van der Waals surface area contributed by atoms with E-state index in [0.717, 1.165) is 51.4 Å². The summed E-state index contributed by atoms with van der Waals surface area (Å²) < 4.78 is 68.7. The van der Waals surface area contributed by atoms with Gasteiger partial charge in [-0.25, -0.2) is 8.78 Å². The van der Waals surface area contributed by atoms with Gasteiger partial charge in [0.1, 0.15) is 24.0 Å². The molecule has 7 rings (SSSR count). The highest BCUT2D eigenvalue weighted by molar-refractivity contribution is 6.07. The Hall–Kier alpha value is -4.72. The number of rotatable bonds is 10. The van der Waals surface area contributed by atoms with E-state index in [2.05, 4.69) is 33.5 Å². The molecule has 3 fully saturated rings. The third kappa shape index (κ3) is 6.85. The van der Waals surface area contributed by atoms with E-state index in [1.807, 2.05) is 19.1 Å². The molecule has 51 heavy (non-hydrogen) atoms. The number of carbonyl (C=O) groups is 1. The molecule has 0 saturated carbocycles. The second-order valence-corrected chi connectivity index (χ2v) is 13.8. The normalized spacial score (nSPS) is 18.0. The molecule has 270 valence electrons. The van der Waals surface area contributed by atoms with E-state index in [4.69, 9.17) is 19.4 Å². The Balaban J connectivity index is 1.40. The van der Waals surface area contributed by atoms with Crippen molar-refractivity contribution in [3.63, 3.8) is 0 Å². The minimum Gasteiger partial charge on any atom is -0.485 e. The van der Waals surface area contributed by atoms with Gasteiger partial charge in [0.2, 0.25) is 5.91 Å². The van der Waals surface area contributed by atoms with Gasteiger partial charge in [-0.15, -0.1) is 0 Å². The Labute approximate surface area is 293 Å². The zero-order valence-corrected chi connectivity index (χ0v) is 28.7. The molecule has 4 aromatic rings. The van der Waals surface area contributed by atoms with Crippen LogP contribution >= 0.6 is 0 Å². The fourth-order valence-corrected chi connectivity index (χ4v) is 7.80. The highest BCUT2D eigenvalue weighted by Gasteiger charge is 2.46. The van der Waals surface area contributed by atoms with E-state index in [1.165, 1.54) is 6.08 Å². The highest BCUT2D eigenvalue weighted by Crippen LogP contribution is 2.48. The molecule has 0 aliphatic carbocycles. The fourth-order valence-electron chi connectivity index (χ4n) is 7.80. The average Bonchev–Trinajstić information content (AvgIpc) is 3.58. The van der Waals surface area contributed by atoms with Gasteiger partial charge < -0.3 is 24.2 Å². The highest BCUT2D eigenvalue weighted by atomic mass is 19.3. The second kappa shape index (κ2) is 14.1. The first-order valence-corrected chi connectivity index (χ1v) is 17.4. The van der Waals surface area contributed by atoms with E-state index < -0.39 is 19.1 Å². The predicted octanol–water partition coefficient (Wildman–Crippen LogP) is 6.84. The van der Waals surface area contributed by atoms with Crippen LogP contribution in [0.1, 0.15) is 43.7 Å². The van der Waals surface area contributed by atoms with Gasteiger partial charge in [-0.2, -0.15) is 23.8 Å². The topological polar surface area (TPSA) is 99.7 Å². The van der Waals surface area contributed by atoms with Crippen LogP contribution in [-0.2, 0) is 4.79 Å². The molecule has 2 aromatic heterocycles. The lowest BCUT2D eigenvalue weighted by molar-refractivity contribution is -0.139. The Kier molecular flexibility index (Phi) is 9.62. The number of ether oxygens (including phenoxy) is 2. The second-order valence-electron chi connectivity index (χ2n) is 13.8. The van der Waals surface area contributed by atoms with Gasteiger partial charge in [-0.3, -0.25) is 9.89 Å². The molecule has 0 unspecified atom stereocenters. The zero-order chi connectivity index (χ0) is 35.9. The van der Waals surface area contributed by atoms with Crippen molar-refractivity contribution in [1.29, 1.82) is 0 Å². The molecule has 0 bridgehead atoms. The van der Waals surface area contributed by atoms with Crippen molar-refractivity contribution in [3.05, 3.63) is 54.3 Å². The van der Waals surface area contributed by atoms with Crippen molar-refractivity contribution < 1.29 is 31.8 Å². The number of carbonyl (C=O) groups excluding carboxylic acids is 1. The van der Waals surface area contributed by atoms with Crippen LogP contribution in [0.25, 0.3) is 39.0 Å². The number of nitrogens with one attached hydrogen (secondary N) is 1. The molecule has 0 radical (unpaired) electrons. The van der Waals surface area contributed by atoms with Crippen LogP contribution in [-0.4, -0.2) is 101 Å². The van der Waals surface area contributed by atoms with Crippen LogP contribution in [0.2, 0.25) is 0 Å². The van der Waals surface area contributed by atoms with E-state index in [-0.39, 0.29) is 45.8 Å². The van der Waals surface area contributed by atoms with E-state index in [0.29, 0.717) is 59.4 Å². The number of amides is 1. The minimum atomic E-state index is -2.84. The number of anilines is 1. The molecule has 1 spiro atoms. The summed E-state index contributed by atoms with van der Waals surface area (Å²) in [5, 5.41) is 8.07. The standard InChI is InChI=1S/C37H41F4N7O3/c1-4-30(49)48-20-37(21-48)10-14-47(15-11-37)35-25-16-23(17-28(38)39)32(31-22(3)6-7-27-26(31)18-42-45-27)34(50-19-29(40)41)33(25)43-36(44-35)51-24-8-12-46(5-2)13-9-24/h4,6-7,16-18,24,29H,1,5,8-15,19-21H2,2-3H3,(H,42,45). The summed E-state index contributed by atoms with van der Waals surface area (Å²) in [5.41, 5.74) is 2.29. The number of hydrogen-bond donors (Lipinski definition) is 1. The number of aromatic amines is 1. The van der Waals surface area contributed by atoms with E-state index >= 15 is 0 Å². The molecule has 0 atom stereocenters. The quantitative estimate of drug-likeness (QED) is 0.141. The van der Waals surface area contributed by atoms with Crippen LogP contribution in [0.4, 0.5) is 23.4 Å². The molecule has 5 heterocycles. The number of likely N-dealkylation sites (tertiary alicyclic amines) is 2. The summed E-state index contributed by atoms with van der Waals surface area (Å²) in [6.07, 6.45) is 1.72. The first kappa shape index (κ1) is 34.7. The predicted molar refractivity (Wildman–Crippen MR) is 187 cm³/mol. The Bertz CT molecular complexity index is 1970. The number of aryl methyl sites for hydroxylation is 1. The van der Waals surface area contributed by atoms with Gasteiger partial charge >= 0.3 is 6.01 Å². The third-order valence-corrected chi connectivity index (χ3v) is 10.6. The number of halogens is 4. The molecule has 10 nitrogen and oxygen atoms in total. The summed E-state index contributed by atoms with van der Waals surface area (Å²) in [4.78, 5) is 28.1. The van der Waals surface area contributed by atoms with Gasteiger partial charge in [0.25, 0.3) is 12.5 Å². The fraction of sp³-hybridized carbons (Fsp3) is 0.459. The lowest BCUT2D eigenvalue weighted by atomic mass is 9.72. The van der Waals surface area contributed by atoms with Crippen molar-refractivity contribution in [3.8, 4) is 22.9 Å². The summed E-state index contributed by atoms with van der Waals surface area (Å²) in [5.74, 6) is 0.304. The average molecular weight is 708 g/mol. The number of alkyl halides is 2. The van der Waals surface area contributed by atoms with Crippen LogP contribution in [0, 0.1) is 12.3 Å². The lowest BCUT2D eigenvalue weighted by Crippen LogP contribution is -2.61. The SMILES string of the molecule is C=CC(=O)N1CC2(CCN(c3nc(OC4CCN(CC)CC4)nc4c(OCC(F)F)c(-c5c(C)ccc6[nH]ncc56)c(C=C(F)F)cc34)CC2)C1. The van der Waals surface area contributed by atoms with Crippen LogP contribution < -0.4 is 14.4 Å². The molecular formula is C37H41F4N7O3. The van der Waals surface area contributed by atoms with Crippen molar-refractivity contribution in [2.45, 2.75) is 52.1 Å². The molecule has 3 aliphatic heterocycles. The van der Waals surface area contributed by atoms with Crippen molar-refractivity contribution in [2.24, 2.45) is 5.41 Å². The summed E-state index contributed by atoms with van der Waals surface area (Å²) in [6.45, 7) is 11.6. The van der Waals surface area contributed by atoms with Gasteiger partial charge in [0.15, 0.2) is 5.75 Å². The lowest BCUT2D eigenvalue weighted by Gasteiger charge is -2.54. The van der Waals surface area contributed by atoms with E-state index in [9.17, 15) is 22.4 Å². The summed E-state index contributed by atoms with van der Waals surface area (Å²) in [7, 11) is 0. The molecule has 3 saturated heterocycles. The molecule has 1 N–H and O–H groups in total. The van der Waals surface area contributed by atoms with Crippen molar-refractivity contribution in [1.82, 2.24) is 30.0 Å². The van der Waals surface area contributed by atoms with Gasteiger partial charge in [-0.05, 0) is 74.1 Å². The van der Waals surface area contributed by atoms with Crippen LogP contribution in [0.3, 0.4) is 0 Å². The first-order chi connectivity index (χ1) is 24.6. The smallest absolute Gasteiger partial charge is 0.319 e. The largest absolute Gasteiger partial charge is 0.485 e. The molecule has 1 amide bonds. The van der Waals surface area contributed by atoms with E-state index in [1.54, 1.807) is 17.2 Å². The number of piperidine rings is 2. The minimum absolute atomic E-state index is 0.0324. The number of fused-ring (bicyclic) bond motifs is 2. The number of aromatic nitrogens is 4. The number of H-pyrrole nitrogens is 1. The summed E-state index contributed by atoms with van der Waals surface area (Å²) in [6, 6.07) is 5.30. The number of benzene rings is 2. The molecule has 14 heteroatoms. The molecule has 3 aliphatic rings. The summed E-state index contributed by atoms with van der Waals surface area (Å²) >= 11 is 0. The zero-order valence-electron chi connectivity index (χ0n) is 28.7. The Morgan fingerprint density at radius 1 is 1.10 bits per heavy atom. The monoisotopic (exact) mass is 707 g/mol. The van der Waals surface area contributed by atoms with Gasteiger partial charge in [0, 0.05) is 67.1 Å². The molecule has 2 aromatic carbocycles.